The molecule has 1 aromatic rings. The van der Waals surface area contributed by atoms with Gasteiger partial charge in [0.05, 0.1) is 12.7 Å². The molecule has 7 heteroatoms. The molecule has 3 atom stereocenters. The van der Waals surface area contributed by atoms with Gasteiger partial charge in [0, 0.05) is 17.5 Å². The van der Waals surface area contributed by atoms with Gasteiger partial charge in [-0.2, -0.15) is 0 Å². The van der Waals surface area contributed by atoms with Crippen LogP contribution < -0.4 is 5.56 Å². The van der Waals surface area contributed by atoms with Gasteiger partial charge in [-0.05, 0) is 6.92 Å². The largest absolute Gasteiger partial charge is 0.388 e. The minimum absolute atomic E-state index is 0.143. The summed E-state index contributed by atoms with van der Waals surface area (Å²) in [7, 11) is 0. The normalized spacial score (nSPS) is 28.5. The molecule has 1 aliphatic heterocycles. The second-order valence-electron chi connectivity index (χ2n) is 3.94. The van der Waals surface area contributed by atoms with E-state index in [1.54, 1.807) is 6.92 Å². The van der Waals surface area contributed by atoms with Crippen LogP contribution in [0.4, 0.5) is 0 Å². The van der Waals surface area contributed by atoms with E-state index in [0.717, 1.165) is 0 Å². The smallest absolute Gasteiger partial charge is 0.254 e. The third kappa shape index (κ3) is 2.86. The van der Waals surface area contributed by atoms with E-state index in [1.807, 2.05) is 0 Å². The topological polar surface area (TPSA) is 95.4 Å². The zero-order valence-corrected chi connectivity index (χ0v) is 10.1. The lowest BCUT2D eigenvalue weighted by Crippen LogP contribution is -2.31. The van der Waals surface area contributed by atoms with Crippen molar-refractivity contribution >= 4 is 11.8 Å². The molecule has 0 aromatic carbocycles. The Kier molecular flexibility index (Phi) is 3.82. The van der Waals surface area contributed by atoms with E-state index in [-0.39, 0.29) is 12.2 Å². The van der Waals surface area contributed by atoms with Crippen LogP contribution in [0.2, 0.25) is 0 Å². The van der Waals surface area contributed by atoms with Gasteiger partial charge in [-0.15, -0.1) is 0 Å². The number of aromatic nitrogens is 2. The van der Waals surface area contributed by atoms with Crippen molar-refractivity contribution in [3.05, 3.63) is 22.1 Å². The van der Waals surface area contributed by atoms with Crippen molar-refractivity contribution in [2.75, 3.05) is 12.4 Å². The Morgan fingerprint density at radius 2 is 2.41 bits per heavy atom. The number of aryl methyl sites for hydroxylation is 1. The van der Waals surface area contributed by atoms with Gasteiger partial charge in [-0.3, -0.25) is 4.79 Å². The van der Waals surface area contributed by atoms with Crippen LogP contribution in [0.15, 0.2) is 16.1 Å². The Labute approximate surface area is 102 Å². The Bertz CT molecular complexity index is 450. The number of ether oxygens (including phenoxy) is 1. The molecule has 0 radical (unpaired) electrons. The molecule has 3 unspecified atom stereocenters. The Morgan fingerprint density at radius 3 is 3.00 bits per heavy atom. The van der Waals surface area contributed by atoms with Crippen molar-refractivity contribution in [2.45, 2.75) is 30.4 Å². The van der Waals surface area contributed by atoms with Gasteiger partial charge in [-0.1, -0.05) is 11.8 Å². The van der Waals surface area contributed by atoms with E-state index in [1.165, 1.54) is 18.0 Å². The number of hydrogen-bond acceptors (Lipinski definition) is 6. The fraction of sp³-hybridized carbons (Fsp3) is 0.600. The molecule has 0 bridgehead atoms. The molecule has 17 heavy (non-hydrogen) atoms. The van der Waals surface area contributed by atoms with E-state index in [0.29, 0.717) is 16.5 Å². The fourth-order valence-electron chi connectivity index (χ4n) is 1.49. The van der Waals surface area contributed by atoms with Gasteiger partial charge in [0.2, 0.25) is 0 Å². The van der Waals surface area contributed by atoms with Gasteiger partial charge < -0.3 is 19.9 Å². The van der Waals surface area contributed by atoms with Crippen molar-refractivity contribution in [3.8, 4) is 0 Å². The monoisotopic (exact) mass is 258 g/mol. The summed E-state index contributed by atoms with van der Waals surface area (Å²) in [5.74, 6) is 0.435. The average molecular weight is 258 g/mol. The lowest BCUT2D eigenvalue weighted by Gasteiger charge is -2.13. The molecule has 0 spiro atoms. The number of H-pyrrole nitrogens is 1. The maximum atomic E-state index is 11.3. The minimum Gasteiger partial charge on any atom is -0.388 e. The van der Waals surface area contributed by atoms with Crippen molar-refractivity contribution < 1.29 is 14.9 Å². The Hall–Kier alpha value is -0.890. The summed E-state index contributed by atoms with van der Waals surface area (Å²) in [5.41, 5.74) is 0.386. The number of nitrogens with one attached hydrogen (secondary N) is 1. The molecule has 0 saturated carbocycles. The number of aliphatic hydroxyl groups is 2. The van der Waals surface area contributed by atoms with Crippen molar-refractivity contribution in [2.24, 2.45) is 0 Å². The summed E-state index contributed by atoms with van der Waals surface area (Å²) in [4.78, 5) is 18.0. The average Bonchev–Trinajstić information content (AvgIpc) is 2.62. The predicted molar refractivity (Wildman–Crippen MR) is 62.1 cm³/mol. The summed E-state index contributed by atoms with van der Waals surface area (Å²) in [6, 6.07) is 0. The van der Waals surface area contributed by atoms with Crippen LogP contribution in [-0.4, -0.2) is 50.9 Å². The second kappa shape index (κ2) is 5.18. The van der Waals surface area contributed by atoms with Crippen LogP contribution in [0.25, 0.3) is 0 Å². The molecule has 6 nitrogen and oxygen atoms in total. The maximum Gasteiger partial charge on any atom is 0.254 e. The highest BCUT2D eigenvalue weighted by Gasteiger charge is 2.34. The van der Waals surface area contributed by atoms with Gasteiger partial charge in [-0.25, -0.2) is 4.98 Å². The minimum atomic E-state index is -0.875. The first-order valence-electron chi connectivity index (χ1n) is 5.24. The highest BCUT2D eigenvalue weighted by atomic mass is 32.2. The van der Waals surface area contributed by atoms with Crippen LogP contribution in [0.5, 0.6) is 0 Å². The third-order valence-electron chi connectivity index (χ3n) is 2.59. The number of thioether (sulfide) groups is 1. The van der Waals surface area contributed by atoms with Crippen molar-refractivity contribution in [3.63, 3.8) is 0 Å². The summed E-state index contributed by atoms with van der Waals surface area (Å²) in [6.45, 7) is 1.82. The first-order chi connectivity index (χ1) is 8.08. The Balaban J connectivity index is 1.94. The number of nitrogens with zero attached hydrogens (tertiary/aromatic N) is 1. The van der Waals surface area contributed by atoms with Crippen molar-refractivity contribution in [1.29, 1.82) is 0 Å². The molecule has 1 fully saturated rings. The summed E-state index contributed by atoms with van der Waals surface area (Å²) in [5, 5.41) is 19.3. The molecule has 2 heterocycles. The summed E-state index contributed by atoms with van der Waals surface area (Å²) < 4.78 is 5.21. The second-order valence-corrected chi connectivity index (χ2v) is 4.95. The van der Waals surface area contributed by atoms with Crippen LogP contribution >= 0.6 is 11.8 Å². The van der Waals surface area contributed by atoms with E-state index in [4.69, 9.17) is 4.74 Å². The first kappa shape index (κ1) is 12.6. The lowest BCUT2D eigenvalue weighted by atomic mass is 10.2. The van der Waals surface area contributed by atoms with Gasteiger partial charge in [0.25, 0.3) is 5.56 Å². The molecule has 3 N–H and O–H groups in total. The van der Waals surface area contributed by atoms with Crippen LogP contribution in [0.1, 0.15) is 5.56 Å². The molecule has 1 aliphatic rings. The highest BCUT2D eigenvalue weighted by Crippen LogP contribution is 2.21. The first-order valence-corrected chi connectivity index (χ1v) is 6.23. The van der Waals surface area contributed by atoms with Gasteiger partial charge in [0.1, 0.15) is 12.2 Å². The highest BCUT2D eigenvalue weighted by molar-refractivity contribution is 7.99. The van der Waals surface area contributed by atoms with E-state index >= 15 is 0 Å². The molecule has 0 aliphatic carbocycles. The Morgan fingerprint density at radius 1 is 1.65 bits per heavy atom. The van der Waals surface area contributed by atoms with Gasteiger partial charge in [0.15, 0.2) is 5.16 Å². The van der Waals surface area contributed by atoms with Gasteiger partial charge >= 0.3 is 0 Å². The maximum absolute atomic E-state index is 11.3. The summed E-state index contributed by atoms with van der Waals surface area (Å²) in [6.07, 6.45) is -0.631. The SMILES string of the molecule is Cc1cnc(SCC2OCC(O)C2O)[nH]c1=O. The third-order valence-corrected chi connectivity index (χ3v) is 3.57. The summed E-state index contributed by atoms with van der Waals surface area (Å²) >= 11 is 1.28. The molecule has 0 amide bonds. The molecule has 1 aromatic heterocycles. The lowest BCUT2D eigenvalue weighted by molar-refractivity contribution is 0.0337. The molecule has 1 saturated heterocycles. The predicted octanol–water partition coefficient (Wildman–Crippen LogP) is -0.709. The number of hydrogen-bond donors (Lipinski definition) is 3. The van der Waals surface area contributed by atoms with Crippen LogP contribution in [0.3, 0.4) is 0 Å². The molecular weight excluding hydrogens is 244 g/mol. The molecular formula is C10H14N2O4S. The molecule has 94 valence electrons. The zero-order chi connectivity index (χ0) is 12.4. The van der Waals surface area contributed by atoms with Crippen LogP contribution in [0, 0.1) is 6.92 Å². The van der Waals surface area contributed by atoms with E-state index in [9.17, 15) is 15.0 Å². The van der Waals surface area contributed by atoms with Crippen molar-refractivity contribution in [1.82, 2.24) is 9.97 Å². The zero-order valence-electron chi connectivity index (χ0n) is 9.29. The van der Waals surface area contributed by atoms with E-state index < -0.39 is 18.3 Å². The number of rotatable bonds is 3. The quantitative estimate of drug-likeness (QED) is 0.490. The molecule has 2 rings (SSSR count). The number of aliphatic hydroxyl groups excluding tert-OH is 2. The standard InChI is InChI=1S/C10H14N2O4S/c1-5-2-11-10(12-9(5)15)17-4-7-8(14)6(13)3-16-7/h2,6-8,13-14H,3-4H2,1H3,(H,11,12,15). The number of aromatic amines is 1. The fourth-order valence-corrected chi connectivity index (χ4v) is 2.40. The van der Waals surface area contributed by atoms with Crippen LogP contribution in [-0.2, 0) is 4.74 Å². The van der Waals surface area contributed by atoms with E-state index in [2.05, 4.69) is 9.97 Å².